The van der Waals surface area contributed by atoms with Gasteiger partial charge >= 0.3 is 0 Å². The standard InChI is InChI=1S/C14H18ClN3O2/c1-17-13(19)12-4-2-3-7-18(12)14(20)9-5-6-10(15)11(16)8-9/h5-6,8,12H,2-4,7,16H2,1H3,(H,17,19). The Bertz CT molecular complexity index is 533. The predicted molar refractivity (Wildman–Crippen MR) is 78.6 cm³/mol. The van der Waals surface area contributed by atoms with E-state index >= 15 is 0 Å². The van der Waals surface area contributed by atoms with Gasteiger partial charge < -0.3 is 16.0 Å². The number of nitrogens with one attached hydrogen (secondary N) is 1. The van der Waals surface area contributed by atoms with Crippen LogP contribution in [-0.2, 0) is 4.79 Å². The van der Waals surface area contributed by atoms with Gasteiger partial charge in [0, 0.05) is 19.2 Å². The van der Waals surface area contributed by atoms with E-state index in [1.807, 2.05) is 0 Å². The number of likely N-dealkylation sites (tertiary alicyclic amines) is 1. The van der Waals surface area contributed by atoms with Crippen LogP contribution in [0.3, 0.4) is 0 Å². The molecule has 5 nitrogen and oxygen atoms in total. The molecule has 6 heteroatoms. The maximum Gasteiger partial charge on any atom is 0.254 e. The fourth-order valence-electron chi connectivity index (χ4n) is 2.46. The van der Waals surface area contributed by atoms with Crippen molar-refractivity contribution >= 4 is 29.1 Å². The largest absolute Gasteiger partial charge is 0.398 e. The number of nitrogens with zero attached hydrogens (tertiary/aromatic N) is 1. The minimum absolute atomic E-state index is 0.125. The molecule has 1 heterocycles. The number of hydrogen-bond donors (Lipinski definition) is 2. The second kappa shape index (κ2) is 6.13. The highest BCUT2D eigenvalue weighted by molar-refractivity contribution is 6.33. The minimum Gasteiger partial charge on any atom is -0.398 e. The Labute approximate surface area is 123 Å². The lowest BCUT2D eigenvalue weighted by atomic mass is 10.00. The maximum absolute atomic E-state index is 12.5. The van der Waals surface area contributed by atoms with Crippen LogP contribution < -0.4 is 11.1 Å². The Kier molecular flexibility index (Phi) is 4.49. The summed E-state index contributed by atoms with van der Waals surface area (Å²) in [6.07, 6.45) is 2.54. The average Bonchev–Trinajstić information content (AvgIpc) is 2.48. The molecule has 1 fully saturated rings. The first kappa shape index (κ1) is 14.7. The van der Waals surface area contributed by atoms with Gasteiger partial charge in [-0.25, -0.2) is 0 Å². The molecular formula is C14H18ClN3O2. The molecule has 3 N–H and O–H groups in total. The first-order valence-electron chi connectivity index (χ1n) is 6.62. The van der Waals surface area contributed by atoms with Crippen LogP contribution in [0.1, 0.15) is 29.6 Å². The number of benzene rings is 1. The lowest BCUT2D eigenvalue weighted by molar-refractivity contribution is -0.126. The maximum atomic E-state index is 12.5. The van der Waals surface area contributed by atoms with Crippen LogP contribution in [0.5, 0.6) is 0 Å². The zero-order chi connectivity index (χ0) is 14.7. The highest BCUT2D eigenvalue weighted by atomic mass is 35.5. The Balaban J connectivity index is 2.25. The Morgan fingerprint density at radius 2 is 2.15 bits per heavy atom. The number of rotatable bonds is 2. The molecule has 2 amide bonds. The fourth-order valence-corrected chi connectivity index (χ4v) is 2.57. The molecule has 0 saturated carbocycles. The van der Waals surface area contributed by atoms with Crippen molar-refractivity contribution in [3.63, 3.8) is 0 Å². The molecule has 20 heavy (non-hydrogen) atoms. The van der Waals surface area contributed by atoms with Gasteiger partial charge in [0.05, 0.1) is 10.7 Å². The molecular weight excluding hydrogens is 278 g/mol. The van der Waals surface area contributed by atoms with Crippen molar-refractivity contribution in [3.05, 3.63) is 28.8 Å². The van der Waals surface area contributed by atoms with Gasteiger partial charge in [-0.15, -0.1) is 0 Å². The molecule has 0 aromatic heterocycles. The quantitative estimate of drug-likeness (QED) is 0.815. The van der Waals surface area contributed by atoms with Gasteiger partial charge in [-0.3, -0.25) is 9.59 Å². The number of likely N-dealkylation sites (N-methyl/N-ethyl adjacent to an activating group) is 1. The lowest BCUT2D eigenvalue weighted by Crippen LogP contribution is -2.51. The average molecular weight is 296 g/mol. The first-order valence-corrected chi connectivity index (χ1v) is 7.00. The predicted octanol–water partition coefficient (Wildman–Crippen LogP) is 1.66. The van der Waals surface area contributed by atoms with Crippen LogP contribution in [0.15, 0.2) is 18.2 Å². The third-order valence-electron chi connectivity index (χ3n) is 3.56. The van der Waals surface area contributed by atoms with Crippen LogP contribution in [0.25, 0.3) is 0 Å². The Morgan fingerprint density at radius 3 is 2.80 bits per heavy atom. The zero-order valence-corrected chi connectivity index (χ0v) is 12.1. The minimum atomic E-state index is -0.404. The molecule has 1 atom stereocenters. The Morgan fingerprint density at radius 1 is 1.40 bits per heavy atom. The van der Waals surface area contributed by atoms with E-state index < -0.39 is 6.04 Å². The van der Waals surface area contributed by atoms with Crippen LogP contribution in [0, 0.1) is 0 Å². The van der Waals surface area contributed by atoms with Gasteiger partial charge in [0.2, 0.25) is 5.91 Å². The van der Waals surface area contributed by atoms with E-state index in [1.54, 1.807) is 30.1 Å². The van der Waals surface area contributed by atoms with E-state index in [0.29, 0.717) is 29.2 Å². The van der Waals surface area contributed by atoms with E-state index in [1.165, 1.54) is 0 Å². The second-order valence-corrected chi connectivity index (χ2v) is 5.27. The van der Waals surface area contributed by atoms with Gasteiger partial charge in [0.15, 0.2) is 0 Å². The van der Waals surface area contributed by atoms with E-state index in [0.717, 1.165) is 12.8 Å². The summed E-state index contributed by atoms with van der Waals surface area (Å²) in [5.41, 5.74) is 6.55. The molecule has 0 bridgehead atoms. The number of carbonyl (C=O) groups excluding carboxylic acids is 2. The second-order valence-electron chi connectivity index (χ2n) is 4.86. The van der Waals surface area contributed by atoms with E-state index in [-0.39, 0.29) is 11.8 Å². The van der Waals surface area contributed by atoms with Gasteiger partial charge in [-0.2, -0.15) is 0 Å². The summed E-state index contributed by atoms with van der Waals surface area (Å²) in [6, 6.07) is 4.39. The zero-order valence-electron chi connectivity index (χ0n) is 11.4. The molecule has 1 aliphatic heterocycles. The van der Waals surface area contributed by atoms with E-state index in [9.17, 15) is 9.59 Å². The van der Waals surface area contributed by atoms with Crippen molar-refractivity contribution in [1.29, 1.82) is 0 Å². The normalized spacial score (nSPS) is 18.7. The molecule has 1 aromatic rings. The number of amides is 2. The van der Waals surface area contributed by atoms with Crippen molar-refractivity contribution < 1.29 is 9.59 Å². The summed E-state index contributed by atoms with van der Waals surface area (Å²) < 4.78 is 0. The molecule has 108 valence electrons. The number of halogens is 1. The molecule has 0 spiro atoms. The van der Waals surface area contributed by atoms with Crippen LogP contribution in [0.2, 0.25) is 5.02 Å². The molecule has 1 aliphatic rings. The number of piperidine rings is 1. The molecule has 0 radical (unpaired) electrons. The highest BCUT2D eigenvalue weighted by Gasteiger charge is 2.32. The van der Waals surface area contributed by atoms with Crippen LogP contribution in [-0.4, -0.2) is 36.3 Å². The van der Waals surface area contributed by atoms with Crippen molar-refractivity contribution in [2.45, 2.75) is 25.3 Å². The van der Waals surface area contributed by atoms with Gasteiger partial charge in [-0.05, 0) is 37.5 Å². The summed E-state index contributed by atoms with van der Waals surface area (Å²) in [7, 11) is 1.58. The first-order chi connectivity index (χ1) is 9.54. The molecule has 1 unspecified atom stereocenters. The monoisotopic (exact) mass is 295 g/mol. The number of carbonyl (C=O) groups is 2. The fraction of sp³-hybridized carbons (Fsp3) is 0.429. The topological polar surface area (TPSA) is 75.4 Å². The number of nitrogens with two attached hydrogens (primary N) is 1. The van der Waals surface area contributed by atoms with Gasteiger partial charge in [0.25, 0.3) is 5.91 Å². The molecule has 1 saturated heterocycles. The summed E-state index contributed by atoms with van der Waals surface area (Å²) >= 11 is 5.86. The summed E-state index contributed by atoms with van der Waals surface area (Å²) in [5.74, 6) is -0.304. The third kappa shape index (κ3) is 2.88. The molecule has 1 aromatic carbocycles. The van der Waals surface area contributed by atoms with Gasteiger partial charge in [-0.1, -0.05) is 11.6 Å². The third-order valence-corrected chi connectivity index (χ3v) is 3.90. The van der Waals surface area contributed by atoms with E-state index in [2.05, 4.69) is 5.32 Å². The van der Waals surface area contributed by atoms with Crippen molar-refractivity contribution in [1.82, 2.24) is 10.2 Å². The molecule has 0 aliphatic carbocycles. The smallest absolute Gasteiger partial charge is 0.254 e. The highest BCUT2D eigenvalue weighted by Crippen LogP contribution is 2.23. The van der Waals surface area contributed by atoms with Crippen molar-refractivity contribution in [2.75, 3.05) is 19.3 Å². The SMILES string of the molecule is CNC(=O)C1CCCCN1C(=O)c1ccc(Cl)c(N)c1. The van der Waals surface area contributed by atoms with Crippen LogP contribution in [0.4, 0.5) is 5.69 Å². The number of anilines is 1. The molecule has 2 rings (SSSR count). The number of nitrogen functional groups attached to an aromatic ring is 1. The van der Waals surface area contributed by atoms with Crippen molar-refractivity contribution in [3.8, 4) is 0 Å². The van der Waals surface area contributed by atoms with Crippen molar-refractivity contribution in [2.24, 2.45) is 0 Å². The summed E-state index contributed by atoms with van der Waals surface area (Å²) in [4.78, 5) is 26.0. The lowest BCUT2D eigenvalue weighted by Gasteiger charge is -2.34. The summed E-state index contributed by atoms with van der Waals surface area (Å²) in [6.45, 7) is 0.583. The van der Waals surface area contributed by atoms with E-state index in [4.69, 9.17) is 17.3 Å². The van der Waals surface area contributed by atoms with Crippen LogP contribution >= 0.6 is 11.6 Å². The Hall–Kier alpha value is -1.75. The van der Waals surface area contributed by atoms with Gasteiger partial charge in [0.1, 0.15) is 6.04 Å². The number of hydrogen-bond acceptors (Lipinski definition) is 3. The summed E-state index contributed by atoms with van der Waals surface area (Å²) in [5, 5.41) is 3.03.